The third-order valence-electron chi connectivity index (χ3n) is 3.77. The lowest BCUT2D eigenvalue weighted by Gasteiger charge is -2.23. The lowest BCUT2D eigenvalue weighted by molar-refractivity contribution is -0.137. The van der Waals surface area contributed by atoms with Gasteiger partial charge in [-0.2, -0.15) is 13.2 Å². The quantitative estimate of drug-likeness (QED) is 0.782. The van der Waals surface area contributed by atoms with Gasteiger partial charge in [-0.3, -0.25) is 14.9 Å². The summed E-state index contributed by atoms with van der Waals surface area (Å²) in [5, 5.41) is 1.51. The molecule has 2 fully saturated rings. The number of imide groups is 1. The van der Waals surface area contributed by atoms with Crippen LogP contribution >= 0.6 is 23.4 Å². The van der Waals surface area contributed by atoms with Crippen LogP contribution in [0.4, 0.5) is 23.7 Å². The summed E-state index contributed by atoms with van der Waals surface area (Å²) < 4.78 is 39.2. The number of carbonyl (C=O) groups excluding carboxylic acids is 2. The summed E-state index contributed by atoms with van der Waals surface area (Å²) in [7, 11) is 0. The maximum atomic E-state index is 13.1. The van der Waals surface area contributed by atoms with Gasteiger partial charge in [0.05, 0.1) is 21.2 Å². The molecule has 2 saturated heterocycles. The fourth-order valence-corrected chi connectivity index (χ4v) is 3.75. The minimum absolute atomic E-state index is 0.0201. The molecule has 0 radical (unpaired) electrons. The SMILES string of the molecule is O=C1NC(=O)/C(=C/c2cc(C(F)(F)F)cc(Cl)c2N2CCCC2)S1. The molecule has 2 amide bonds. The van der Waals surface area contributed by atoms with E-state index in [0.29, 0.717) is 30.5 Å². The van der Waals surface area contributed by atoms with Gasteiger partial charge >= 0.3 is 6.18 Å². The highest BCUT2D eigenvalue weighted by molar-refractivity contribution is 8.18. The predicted molar refractivity (Wildman–Crippen MR) is 87.0 cm³/mol. The average Bonchev–Trinajstić information content (AvgIpc) is 3.08. The lowest BCUT2D eigenvalue weighted by Crippen LogP contribution is -2.20. The van der Waals surface area contributed by atoms with Crippen molar-refractivity contribution in [3.63, 3.8) is 0 Å². The number of alkyl halides is 3. The van der Waals surface area contributed by atoms with Crippen molar-refractivity contribution < 1.29 is 22.8 Å². The maximum Gasteiger partial charge on any atom is 0.416 e. The highest BCUT2D eigenvalue weighted by Gasteiger charge is 2.33. The van der Waals surface area contributed by atoms with Crippen molar-refractivity contribution in [1.82, 2.24) is 5.32 Å². The fourth-order valence-electron chi connectivity index (χ4n) is 2.73. The zero-order valence-corrected chi connectivity index (χ0v) is 13.8. The number of hydrogen-bond donors (Lipinski definition) is 1. The van der Waals surface area contributed by atoms with E-state index in [9.17, 15) is 22.8 Å². The maximum absolute atomic E-state index is 13.1. The van der Waals surface area contributed by atoms with Crippen molar-refractivity contribution >= 4 is 46.3 Å². The summed E-state index contributed by atoms with van der Waals surface area (Å²) in [5.74, 6) is -0.620. The van der Waals surface area contributed by atoms with Crippen LogP contribution in [0.5, 0.6) is 0 Å². The molecule has 1 N–H and O–H groups in total. The van der Waals surface area contributed by atoms with Crippen molar-refractivity contribution in [1.29, 1.82) is 0 Å². The number of rotatable bonds is 2. The molecule has 0 bridgehead atoms. The Morgan fingerprint density at radius 2 is 1.88 bits per heavy atom. The molecule has 9 heteroatoms. The van der Waals surface area contributed by atoms with Crippen molar-refractivity contribution in [3.8, 4) is 0 Å². The number of carbonyl (C=O) groups is 2. The Hall–Kier alpha value is -1.67. The first-order valence-electron chi connectivity index (χ1n) is 7.16. The van der Waals surface area contributed by atoms with E-state index in [4.69, 9.17) is 11.6 Å². The molecule has 0 atom stereocenters. The van der Waals surface area contributed by atoms with Crippen LogP contribution in [0, 0.1) is 0 Å². The van der Waals surface area contributed by atoms with E-state index in [2.05, 4.69) is 5.32 Å². The van der Waals surface area contributed by atoms with E-state index in [0.717, 1.165) is 25.0 Å². The predicted octanol–water partition coefficient (Wildman–Crippen LogP) is 4.28. The monoisotopic (exact) mass is 376 g/mol. The minimum Gasteiger partial charge on any atom is -0.370 e. The first-order valence-corrected chi connectivity index (χ1v) is 8.35. The molecule has 1 aromatic carbocycles. The summed E-state index contributed by atoms with van der Waals surface area (Å²) in [6.45, 7) is 1.36. The smallest absolute Gasteiger partial charge is 0.370 e. The van der Waals surface area contributed by atoms with Gasteiger partial charge in [0.1, 0.15) is 0 Å². The molecule has 128 valence electrons. The van der Waals surface area contributed by atoms with E-state index in [1.165, 1.54) is 6.08 Å². The molecule has 2 aliphatic rings. The molecule has 2 heterocycles. The van der Waals surface area contributed by atoms with Crippen LogP contribution in [0.25, 0.3) is 6.08 Å². The lowest BCUT2D eigenvalue weighted by atomic mass is 10.1. The van der Waals surface area contributed by atoms with Crippen LogP contribution in [0.3, 0.4) is 0 Å². The summed E-state index contributed by atoms with van der Waals surface area (Å²) in [6, 6.07) is 1.85. The third-order valence-corrected chi connectivity index (χ3v) is 4.87. The van der Waals surface area contributed by atoms with E-state index in [1.54, 1.807) is 0 Å². The van der Waals surface area contributed by atoms with Crippen LogP contribution in [0.2, 0.25) is 5.02 Å². The molecule has 1 aromatic rings. The summed E-state index contributed by atoms with van der Waals surface area (Å²) in [5.41, 5.74) is -0.247. The summed E-state index contributed by atoms with van der Waals surface area (Å²) in [6.07, 6.45) is -1.43. The van der Waals surface area contributed by atoms with E-state index in [-0.39, 0.29) is 15.5 Å². The van der Waals surface area contributed by atoms with Crippen LogP contribution in [0.1, 0.15) is 24.0 Å². The van der Waals surface area contributed by atoms with E-state index < -0.39 is 22.9 Å². The van der Waals surface area contributed by atoms with Gasteiger partial charge < -0.3 is 4.90 Å². The highest BCUT2D eigenvalue weighted by Crippen LogP contribution is 2.41. The molecular weight excluding hydrogens is 365 g/mol. The second kappa shape index (κ2) is 6.33. The van der Waals surface area contributed by atoms with Crippen LogP contribution < -0.4 is 10.2 Å². The van der Waals surface area contributed by atoms with Gasteiger partial charge in [-0.1, -0.05) is 11.6 Å². The number of nitrogens with zero attached hydrogens (tertiary/aromatic N) is 1. The second-order valence-electron chi connectivity index (χ2n) is 5.44. The number of anilines is 1. The van der Waals surface area contributed by atoms with Crippen molar-refractivity contribution in [2.45, 2.75) is 19.0 Å². The van der Waals surface area contributed by atoms with Gasteiger partial charge in [-0.05, 0) is 42.8 Å². The van der Waals surface area contributed by atoms with Gasteiger partial charge in [-0.15, -0.1) is 0 Å². The summed E-state index contributed by atoms with van der Waals surface area (Å²) >= 11 is 6.78. The Balaban J connectivity index is 2.13. The Labute approximate surface area is 145 Å². The average molecular weight is 377 g/mol. The Morgan fingerprint density at radius 1 is 1.21 bits per heavy atom. The number of hydrogen-bond acceptors (Lipinski definition) is 4. The normalized spacial score (nSPS) is 20.2. The molecule has 0 unspecified atom stereocenters. The first kappa shape index (κ1) is 17.2. The first-order chi connectivity index (χ1) is 11.3. The van der Waals surface area contributed by atoms with E-state index >= 15 is 0 Å². The van der Waals surface area contributed by atoms with Gasteiger partial charge in [0.2, 0.25) is 0 Å². The molecule has 0 aliphatic carbocycles. The van der Waals surface area contributed by atoms with Gasteiger partial charge in [0.15, 0.2) is 0 Å². The Bertz CT molecular complexity index is 743. The summed E-state index contributed by atoms with van der Waals surface area (Å²) in [4.78, 5) is 24.9. The molecular formula is C15H12ClF3N2O2S. The minimum atomic E-state index is -4.55. The molecule has 4 nitrogen and oxygen atoms in total. The second-order valence-corrected chi connectivity index (χ2v) is 6.86. The number of benzene rings is 1. The third kappa shape index (κ3) is 3.39. The Kier molecular flexibility index (Phi) is 4.52. The largest absolute Gasteiger partial charge is 0.416 e. The van der Waals surface area contributed by atoms with E-state index in [1.807, 2.05) is 4.90 Å². The molecule has 2 aliphatic heterocycles. The highest BCUT2D eigenvalue weighted by atomic mass is 35.5. The van der Waals surface area contributed by atoms with Gasteiger partial charge in [0.25, 0.3) is 11.1 Å². The van der Waals surface area contributed by atoms with Crippen molar-refractivity contribution in [3.05, 3.63) is 33.2 Å². The zero-order valence-electron chi connectivity index (χ0n) is 12.2. The van der Waals surface area contributed by atoms with Crippen LogP contribution in [0.15, 0.2) is 17.0 Å². The molecule has 3 rings (SSSR count). The number of amides is 2. The Morgan fingerprint density at radius 3 is 2.42 bits per heavy atom. The topological polar surface area (TPSA) is 49.4 Å². The van der Waals surface area contributed by atoms with Crippen LogP contribution in [-0.2, 0) is 11.0 Å². The molecule has 0 aromatic heterocycles. The van der Waals surface area contributed by atoms with Crippen molar-refractivity contribution in [2.24, 2.45) is 0 Å². The molecule has 0 saturated carbocycles. The number of nitrogens with one attached hydrogen (secondary N) is 1. The van der Waals surface area contributed by atoms with Crippen molar-refractivity contribution in [2.75, 3.05) is 18.0 Å². The zero-order chi connectivity index (χ0) is 17.5. The number of thioether (sulfide) groups is 1. The van der Waals surface area contributed by atoms with Gasteiger partial charge in [-0.25, -0.2) is 0 Å². The van der Waals surface area contributed by atoms with Crippen LogP contribution in [-0.4, -0.2) is 24.2 Å². The number of halogens is 4. The molecule has 24 heavy (non-hydrogen) atoms. The van der Waals surface area contributed by atoms with Gasteiger partial charge in [0, 0.05) is 18.7 Å². The standard InChI is InChI=1S/C15H12ClF3N2O2S/c16-10-7-9(15(17,18)19)5-8(12(10)21-3-1-2-4-21)6-11-13(22)20-14(23)24-11/h5-7H,1-4H2,(H,20,22,23)/b11-6-. The fraction of sp³-hybridized carbons (Fsp3) is 0.333. The molecule has 0 spiro atoms.